The zero-order valence-electron chi connectivity index (χ0n) is 29.8. The van der Waals surface area contributed by atoms with Crippen LogP contribution in [0.15, 0.2) is 156 Å². The zero-order valence-corrected chi connectivity index (χ0v) is 29.8. The molecule has 2 nitrogen and oxygen atoms in total. The van der Waals surface area contributed by atoms with Crippen molar-refractivity contribution in [2.24, 2.45) is 0 Å². The molecule has 0 amide bonds. The molecule has 0 fully saturated rings. The third kappa shape index (κ3) is 3.79. The summed E-state index contributed by atoms with van der Waals surface area (Å²) in [7, 11) is 0. The number of rotatable bonds is 3. The van der Waals surface area contributed by atoms with Crippen LogP contribution in [0.3, 0.4) is 0 Å². The van der Waals surface area contributed by atoms with Crippen molar-refractivity contribution in [2.45, 2.75) is 38.5 Å². The number of para-hydroxylation sites is 3. The fourth-order valence-electron chi connectivity index (χ4n) is 9.64. The van der Waals surface area contributed by atoms with E-state index in [4.69, 9.17) is 4.42 Å². The van der Waals surface area contributed by atoms with Crippen molar-refractivity contribution in [3.05, 3.63) is 174 Å². The van der Waals surface area contributed by atoms with E-state index in [2.05, 4.69) is 178 Å². The second-order valence-corrected chi connectivity index (χ2v) is 15.7. The maximum atomic E-state index is 6.69. The standard InChI is InChI=1S/C50H37NO/c1-49(2)39-26-25-30-15-8-9-18-32(30)46(39)37-27-41-38(28-40(37)49)47-35-21-11-10-19-33(35)44(29-42(47)50(41,3)4)51(31-16-6-5-7-17-31)43-23-14-22-36-34-20-12-13-24-45(34)52-48(36)43/h5-29H,1-4H3. The Morgan fingerprint density at radius 3 is 1.79 bits per heavy atom. The summed E-state index contributed by atoms with van der Waals surface area (Å²) in [6.07, 6.45) is 0. The van der Waals surface area contributed by atoms with Gasteiger partial charge < -0.3 is 9.32 Å². The molecule has 248 valence electrons. The van der Waals surface area contributed by atoms with Gasteiger partial charge in [-0.3, -0.25) is 0 Å². The van der Waals surface area contributed by atoms with E-state index in [0.29, 0.717) is 0 Å². The maximum absolute atomic E-state index is 6.69. The van der Waals surface area contributed by atoms with Gasteiger partial charge in [-0.05, 0) is 103 Å². The molecule has 0 aliphatic heterocycles. The Balaban J connectivity index is 1.20. The topological polar surface area (TPSA) is 16.4 Å². The van der Waals surface area contributed by atoms with Gasteiger partial charge in [-0.1, -0.05) is 137 Å². The van der Waals surface area contributed by atoms with Crippen LogP contribution in [0.4, 0.5) is 17.1 Å². The van der Waals surface area contributed by atoms with E-state index >= 15 is 0 Å². The summed E-state index contributed by atoms with van der Waals surface area (Å²) in [4.78, 5) is 2.41. The van der Waals surface area contributed by atoms with Crippen molar-refractivity contribution in [2.75, 3.05) is 4.90 Å². The quantitative estimate of drug-likeness (QED) is 0.186. The van der Waals surface area contributed by atoms with Crippen LogP contribution in [-0.4, -0.2) is 0 Å². The Kier molecular flexibility index (Phi) is 5.83. The smallest absolute Gasteiger partial charge is 0.159 e. The van der Waals surface area contributed by atoms with Crippen LogP contribution in [0.2, 0.25) is 0 Å². The van der Waals surface area contributed by atoms with E-state index < -0.39 is 0 Å². The van der Waals surface area contributed by atoms with Crippen molar-refractivity contribution in [3.63, 3.8) is 0 Å². The van der Waals surface area contributed by atoms with Gasteiger partial charge in [0.05, 0.1) is 11.4 Å². The van der Waals surface area contributed by atoms with E-state index in [1.807, 2.05) is 6.07 Å². The fourth-order valence-corrected chi connectivity index (χ4v) is 9.64. The fraction of sp³-hybridized carbons (Fsp3) is 0.120. The summed E-state index contributed by atoms with van der Waals surface area (Å²) < 4.78 is 6.69. The lowest BCUT2D eigenvalue weighted by molar-refractivity contribution is 0.652. The van der Waals surface area contributed by atoms with Gasteiger partial charge in [0.1, 0.15) is 5.58 Å². The van der Waals surface area contributed by atoms with Crippen molar-refractivity contribution >= 4 is 60.5 Å². The van der Waals surface area contributed by atoms with E-state index in [9.17, 15) is 0 Å². The summed E-state index contributed by atoms with van der Waals surface area (Å²) in [6.45, 7) is 9.63. The van der Waals surface area contributed by atoms with Crippen molar-refractivity contribution in [1.29, 1.82) is 0 Å². The van der Waals surface area contributed by atoms with Crippen molar-refractivity contribution < 1.29 is 4.42 Å². The summed E-state index contributed by atoms with van der Waals surface area (Å²) >= 11 is 0. The van der Waals surface area contributed by atoms with E-state index in [1.165, 1.54) is 66.1 Å². The van der Waals surface area contributed by atoms with Gasteiger partial charge in [0.15, 0.2) is 5.58 Å². The second kappa shape index (κ2) is 10.2. The Labute approximate surface area is 303 Å². The third-order valence-electron chi connectivity index (χ3n) is 12.2. The Morgan fingerprint density at radius 1 is 0.423 bits per heavy atom. The third-order valence-corrected chi connectivity index (χ3v) is 12.2. The lowest BCUT2D eigenvalue weighted by Crippen LogP contribution is -2.18. The molecule has 0 saturated carbocycles. The first kappa shape index (κ1) is 29.6. The molecule has 0 bridgehead atoms. The summed E-state index contributed by atoms with van der Waals surface area (Å²) in [5.41, 5.74) is 15.8. The highest BCUT2D eigenvalue weighted by molar-refractivity contribution is 6.14. The number of nitrogens with zero attached hydrogens (tertiary/aromatic N) is 1. The van der Waals surface area contributed by atoms with Crippen LogP contribution in [0.5, 0.6) is 0 Å². The molecule has 11 rings (SSSR count). The molecule has 1 heterocycles. The molecule has 0 atom stereocenters. The molecule has 9 aromatic rings. The van der Waals surface area contributed by atoms with Gasteiger partial charge in [0.2, 0.25) is 0 Å². The molecule has 2 aliphatic carbocycles. The molecule has 1 aromatic heterocycles. The zero-order chi connectivity index (χ0) is 34.9. The number of benzene rings is 8. The number of fused-ring (bicyclic) bond motifs is 13. The molecule has 8 aromatic carbocycles. The molecule has 0 N–H and O–H groups in total. The SMILES string of the molecule is CC1(C)c2cc3c(cc2-c2c1ccc1ccccc21)C(C)(C)c1cc(N(c2ccccc2)c2cccc4c2oc2ccccc24)c2ccccc2c1-3. The van der Waals surface area contributed by atoms with E-state index in [-0.39, 0.29) is 10.8 Å². The minimum atomic E-state index is -0.232. The molecule has 0 unspecified atom stereocenters. The predicted octanol–water partition coefficient (Wildman–Crippen LogP) is 14.0. The summed E-state index contributed by atoms with van der Waals surface area (Å²) in [5, 5.41) is 7.38. The number of hydrogen-bond donors (Lipinski definition) is 0. The lowest BCUT2D eigenvalue weighted by Gasteiger charge is -2.29. The Hall–Kier alpha value is -6.12. The highest BCUT2D eigenvalue weighted by Crippen LogP contribution is 2.59. The largest absolute Gasteiger partial charge is 0.454 e. The number of furan rings is 1. The van der Waals surface area contributed by atoms with Gasteiger partial charge in [-0.25, -0.2) is 0 Å². The first-order valence-electron chi connectivity index (χ1n) is 18.4. The van der Waals surface area contributed by atoms with Gasteiger partial charge in [-0.2, -0.15) is 0 Å². The second-order valence-electron chi connectivity index (χ2n) is 15.7. The molecule has 0 saturated heterocycles. The van der Waals surface area contributed by atoms with Gasteiger partial charge in [0.25, 0.3) is 0 Å². The normalized spacial score (nSPS) is 14.8. The van der Waals surface area contributed by atoms with Gasteiger partial charge in [0, 0.05) is 32.7 Å². The molecule has 0 radical (unpaired) electrons. The molecular weight excluding hydrogens is 631 g/mol. The average molecular weight is 668 g/mol. The lowest BCUT2D eigenvalue weighted by atomic mass is 9.79. The first-order valence-corrected chi connectivity index (χ1v) is 18.4. The molecule has 0 spiro atoms. The highest BCUT2D eigenvalue weighted by Gasteiger charge is 2.43. The van der Waals surface area contributed by atoms with Crippen LogP contribution in [0, 0.1) is 0 Å². The average Bonchev–Trinajstić information content (AvgIpc) is 3.75. The summed E-state index contributed by atoms with van der Waals surface area (Å²) in [5.74, 6) is 0. The minimum Gasteiger partial charge on any atom is -0.454 e. The Bertz CT molecular complexity index is 2960. The van der Waals surface area contributed by atoms with Crippen molar-refractivity contribution in [3.8, 4) is 22.3 Å². The predicted molar refractivity (Wildman–Crippen MR) is 219 cm³/mol. The summed E-state index contributed by atoms with van der Waals surface area (Å²) in [6, 6.07) is 55.8. The van der Waals surface area contributed by atoms with Crippen molar-refractivity contribution in [1.82, 2.24) is 0 Å². The highest BCUT2D eigenvalue weighted by atomic mass is 16.3. The molecule has 52 heavy (non-hydrogen) atoms. The van der Waals surface area contributed by atoms with Gasteiger partial charge >= 0.3 is 0 Å². The number of hydrogen-bond acceptors (Lipinski definition) is 2. The van der Waals surface area contributed by atoms with Crippen LogP contribution < -0.4 is 4.90 Å². The Morgan fingerprint density at radius 2 is 1.02 bits per heavy atom. The van der Waals surface area contributed by atoms with E-state index in [0.717, 1.165) is 39.0 Å². The van der Waals surface area contributed by atoms with Crippen LogP contribution >= 0.6 is 0 Å². The van der Waals surface area contributed by atoms with E-state index in [1.54, 1.807) is 0 Å². The van der Waals surface area contributed by atoms with Crippen LogP contribution in [0.25, 0.3) is 65.7 Å². The van der Waals surface area contributed by atoms with Crippen LogP contribution in [-0.2, 0) is 10.8 Å². The molecular formula is C50H37NO. The maximum Gasteiger partial charge on any atom is 0.159 e. The van der Waals surface area contributed by atoms with Gasteiger partial charge in [-0.15, -0.1) is 0 Å². The van der Waals surface area contributed by atoms with Crippen LogP contribution in [0.1, 0.15) is 49.9 Å². The minimum absolute atomic E-state index is 0.109. The number of anilines is 3. The molecule has 2 heteroatoms. The monoisotopic (exact) mass is 667 g/mol. The molecule has 2 aliphatic rings. The first-order chi connectivity index (χ1) is 25.3.